The van der Waals surface area contributed by atoms with E-state index in [0.29, 0.717) is 13.2 Å². The van der Waals surface area contributed by atoms with Crippen molar-refractivity contribution in [2.75, 3.05) is 13.2 Å². The van der Waals surface area contributed by atoms with Gasteiger partial charge in [0.1, 0.15) is 18.3 Å². The quantitative estimate of drug-likeness (QED) is 0.465. The molecule has 2 fully saturated rings. The number of carbonyl (C=O) groups excluding carboxylic acids is 2. The van der Waals surface area contributed by atoms with Gasteiger partial charge < -0.3 is 9.47 Å². The van der Waals surface area contributed by atoms with Crippen LogP contribution in [0.2, 0.25) is 0 Å². The molecule has 4 heteroatoms. The minimum absolute atomic E-state index is 0.0326. The van der Waals surface area contributed by atoms with Gasteiger partial charge in [0, 0.05) is 5.92 Å². The summed E-state index contributed by atoms with van der Waals surface area (Å²) in [5, 5.41) is 0. The Labute approximate surface area is 76.2 Å². The molecular weight excluding hydrogens is 172 g/mol. The monoisotopic (exact) mass is 184 g/mol. The normalized spacial score (nSPS) is 22.2. The highest BCUT2D eigenvalue weighted by atomic mass is 16.6. The van der Waals surface area contributed by atoms with Gasteiger partial charge >= 0.3 is 5.97 Å². The molecule has 4 nitrogen and oxygen atoms in total. The van der Waals surface area contributed by atoms with Crippen LogP contribution in [0.1, 0.15) is 19.3 Å². The fourth-order valence-electron chi connectivity index (χ4n) is 1.20. The highest BCUT2D eigenvalue weighted by molar-refractivity contribution is 5.97. The number of ketones is 1. The average molecular weight is 184 g/mol. The molecule has 0 aromatic heterocycles. The van der Waals surface area contributed by atoms with Crippen LogP contribution in [0.15, 0.2) is 0 Å². The number of Topliss-reactive ketones (excluding diaryl/α,β-unsaturated/α-hetero) is 1. The van der Waals surface area contributed by atoms with Crippen molar-refractivity contribution in [3.8, 4) is 0 Å². The first-order chi connectivity index (χ1) is 6.25. The lowest BCUT2D eigenvalue weighted by atomic mass is 10.2. The van der Waals surface area contributed by atoms with Gasteiger partial charge in [-0.25, -0.2) is 0 Å². The lowest BCUT2D eigenvalue weighted by molar-refractivity contribution is -0.172. The van der Waals surface area contributed by atoms with E-state index in [2.05, 4.69) is 0 Å². The van der Waals surface area contributed by atoms with Crippen LogP contribution in [0.3, 0.4) is 0 Å². The second-order valence-electron chi connectivity index (χ2n) is 3.57. The average Bonchev–Trinajstić information content (AvgIpc) is 2.78. The molecule has 0 atom stereocenters. The van der Waals surface area contributed by atoms with Gasteiger partial charge in [0.15, 0.2) is 0 Å². The summed E-state index contributed by atoms with van der Waals surface area (Å²) in [6.45, 7) is 0.951. The second-order valence-corrected chi connectivity index (χ2v) is 3.57. The number of hydrogen-bond donors (Lipinski definition) is 0. The summed E-state index contributed by atoms with van der Waals surface area (Å²) in [5.74, 6) is -0.222. The smallest absolute Gasteiger partial charge is 0.313 e. The van der Waals surface area contributed by atoms with Crippen molar-refractivity contribution in [1.82, 2.24) is 0 Å². The van der Waals surface area contributed by atoms with E-state index in [1.54, 1.807) is 0 Å². The second kappa shape index (κ2) is 3.46. The van der Waals surface area contributed by atoms with Gasteiger partial charge in [0.25, 0.3) is 0 Å². The first kappa shape index (κ1) is 8.69. The molecule has 0 aromatic carbocycles. The lowest BCUT2D eigenvalue weighted by Crippen LogP contribution is -2.38. The Morgan fingerprint density at radius 2 is 2.00 bits per heavy atom. The fraction of sp³-hybridized carbons (Fsp3) is 0.778. The third-order valence-electron chi connectivity index (χ3n) is 2.26. The van der Waals surface area contributed by atoms with Crippen molar-refractivity contribution < 1.29 is 19.1 Å². The largest absolute Gasteiger partial charge is 0.457 e. The van der Waals surface area contributed by atoms with E-state index in [9.17, 15) is 9.59 Å². The highest BCUT2D eigenvalue weighted by Crippen LogP contribution is 2.30. The topological polar surface area (TPSA) is 52.6 Å². The Bertz CT molecular complexity index is 228. The molecule has 0 amide bonds. The zero-order valence-corrected chi connectivity index (χ0v) is 7.32. The zero-order valence-electron chi connectivity index (χ0n) is 7.32. The van der Waals surface area contributed by atoms with E-state index in [1.165, 1.54) is 0 Å². The summed E-state index contributed by atoms with van der Waals surface area (Å²) in [5.41, 5.74) is 0. The SMILES string of the molecule is O=C(CC(=O)C1CC1)OC1COC1. The molecule has 0 radical (unpaired) electrons. The van der Waals surface area contributed by atoms with Crippen LogP contribution in [0.25, 0.3) is 0 Å². The van der Waals surface area contributed by atoms with Crippen molar-refractivity contribution in [3.63, 3.8) is 0 Å². The van der Waals surface area contributed by atoms with Crippen molar-refractivity contribution in [2.24, 2.45) is 5.92 Å². The number of carbonyl (C=O) groups is 2. The van der Waals surface area contributed by atoms with Crippen LogP contribution in [0, 0.1) is 5.92 Å². The van der Waals surface area contributed by atoms with Crippen LogP contribution in [-0.4, -0.2) is 31.1 Å². The van der Waals surface area contributed by atoms with E-state index < -0.39 is 5.97 Å². The van der Waals surface area contributed by atoms with Gasteiger partial charge in [-0.1, -0.05) is 0 Å². The van der Waals surface area contributed by atoms with Gasteiger partial charge in [-0.15, -0.1) is 0 Å². The van der Waals surface area contributed by atoms with Gasteiger partial charge in [-0.2, -0.15) is 0 Å². The standard InChI is InChI=1S/C9H12O4/c10-8(6-1-2-6)3-9(11)13-7-4-12-5-7/h6-7H,1-5H2. The van der Waals surface area contributed by atoms with Crippen LogP contribution in [0.5, 0.6) is 0 Å². The molecule has 1 heterocycles. The van der Waals surface area contributed by atoms with Crippen LogP contribution >= 0.6 is 0 Å². The molecular formula is C9H12O4. The van der Waals surface area contributed by atoms with Crippen molar-refractivity contribution in [3.05, 3.63) is 0 Å². The molecule has 0 N–H and O–H groups in total. The van der Waals surface area contributed by atoms with Gasteiger partial charge in [0.2, 0.25) is 0 Å². The van der Waals surface area contributed by atoms with E-state index >= 15 is 0 Å². The Balaban J connectivity index is 1.67. The van der Waals surface area contributed by atoms with Gasteiger partial charge in [0.05, 0.1) is 13.2 Å². The summed E-state index contributed by atoms with van der Waals surface area (Å²) >= 11 is 0. The summed E-state index contributed by atoms with van der Waals surface area (Å²) in [7, 11) is 0. The molecule has 1 aliphatic carbocycles. The molecule has 13 heavy (non-hydrogen) atoms. The number of ether oxygens (including phenoxy) is 2. The minimum Gasteiger partial charge on any atom is -0.457 e. The van der Waals surface area contributed by atoms with Gasteiger partial charge in [-0.05, 0) is 12.8 Å². The van der Waals surface area contributed by atoms with E-state index in [-0.39, 0.29) is 24.2 Å². The third kappa shape index (κ3) is 2.28. The summed E-state index contributed by atoms with van der Waals surface area (Å²) in [6, 6.07) is 0. The maximum absolute atomic E-state index is 11.2. The molecule has 1 saturated heterocycles. The molecule has 2 rings (SSSR count). The molecule has 0 aromatic rings. The number of rotatable bonds is 4. The van der Waals surface area contributed by atoms with Crippen LogP contribution < -0.4 is 0 Å². The van der Waals surface area contributed by atoms with Crippen molar-refractivity contribution in [1.29, 1.82) is 0 Å². The Morgan fingerprint density at radius 3 is 2.46 bits per heavy atom. The molecule has 1 aliphatic heterocycles. The molecule has 0 unspecified atom stereocenters. The predicted octanol–water partition coefficient (Wildman–Crippen LogP) is 0.298. The van der Waals surface area contributed by atoms with E-state index in [1.807, 2.05) is 0 Å². The van der Waals surface area contributed by atoms with Crippen LogP contribution in [-0.2, 0) is 19.1 Å². The minimum atomic E-state index is -0.398. The van der Waals surface area contributed by atoms with Gasteiger partial charge in [-0.3, -0.25) is 9.59 Å². The third-order valence-corrected chi connectivity index (χ3v) is 2.26. The zero-order chi connectivity index (χ0) is 9.26. The Hall–Kier alpha value is -0.900. The first-order valence-corrected chi connectivity index (χ1v) is 4.55. The summed E-state index contributed by atoms with van der Waals surface area (Å²) in [4.78, 5) is 22.3. The predicted molar refractivity (Wildman–Crippen MR) is 43.0 cm³/mol. The molecule has 2 aliphatic rings. The van der Waals surface area contributed by atoms with E-state index in [4.69, 9.17) is 9.47 Å². The van der Waals surface area contributed by atoms with Crippen molar-refractivity contribution >= 4 is 11.8 Å². The van der Waals surface area contributed by atoms with Crippen molar-refractivity contribution in [2.45, 2.75) is 25.4 Å². The van der Waals surface area contributed by atoms with Crippen LogP contribution in [0.4, 0.5) is 0 Å². The molecule has 0 bridgehead atoms. The summed E-state index contributed by atoms with van der Waals surface area (Å²) in [6.07, 6.45) is 1.72. The Morgan fingerprint density at radius 1 is 1.31 bits per heavy atom. The molecule has 72 valence electrons. The Kier molecular flexibility index (Phi) is 2.31. The first-order valence-electron chi connectivity index (χ1n) is 4.55. The highest BCUT2D eigenvalue weighted by Gasteiger charge is 2.32. The maximum atomic E-state index is 11.2. The molecule has 1 saturated carbocycles. The summed E-state index contributed by atoms with van der Waals surface area (Å²) < 4.78 is 9.79. The number of esters is 1. The fourth-order valence-corrected chi connectivity index (χ4v) is 1.20. The lowest BCUT2D eigenvalue weighted by Gasteiger charge is -2.25. The molecule has 0 spiro atoms. The van der Waals surface area contributed by atoms with E-state index in [0.717, 1.165) is 12.8 Å². The number of hydrogen-bond acceptors (Lipinski definition) is 4. The maximum Gasteiger partial charge on any atom is 0.313 e.